The average molecular weight is 287 g/mol. The highest BCUT2D eigenvalue weighted by molar-refractivity contribution is 9.10. The van der Waals surface area contributed by atoms with Gasteiger partial charge in [-0.2, -0.15) is 0 Å². The number of hydrogen-bond acceptors (Lipinski definition) is 4. The minimum Gasteiger partial charge on any atom is -0.468 e. The Morgan fingerprint density at radius 2 is 2.25 bits per heavy atom. The molecule has 0 saturated heterocycles. The summed E-state index contributed by atoms with van der Waals surface area (Å²) in [6, 6.07) is 3.81. The van der Waals surface area contributed by atoms with Crippen LogP contribution in [-0.4, -0.2) is 31.2 Å². The first kappa shape index (κ1) is 13.0. The molecule has 0 N–H and O–H groups in total. The molecule has 0 aliphatic heterocycles. The Morgan fingerprint density at radius 3 is 2.75 bits per heavy atom. The number of rotatable bonds is 4. The van der Waals surface area contributed by atoms with E-state index in [4.69, 9.17) is 0 Å². The van der Waals surface area contributed by atoms with E-state index < -0.39 is 0 Å². The van der Waals surface area contributed by atoms with Gasteiger partial charge in [0.1, 0.15) is 12.4 Å². The van der Waals surface area contributed by atoms with Crippen LogP contribution in [0.1, 0.15) is 12.6 Å². The Labute approximate surface area is 104 Å². The van der Waals surface area contributed by atoms with E-state index in [1.54, 1.807) is 0 Å². The third kappa shape index (κ3) is 3.20. The molecular weight excluding hydrogens is 272 g/mol. The van der Waals surface area contributed by atoms with Crippen molar-refractivity contribution in [2.45, 2.75) is 13.8 Å². The van der Waals surface area contributed by atoms with Crippen LogP contribution in [0.5, 0.6) is 0 Å². The maximum absolute atomic E-state index is 11.2. The van der Waals surface area contributed by atoms with Gasteiger partial charge in [0.25, 0.3) is 0 Å². The molecule has 0 fully saturated rings. The standard InChI is InChI=1S/C11H15BrN2O2/c1-4-14(7-11(15)16-3)10-6-5-9(12)8(2)13-10/h5-6H,4,7H2,1-3H3. The molecule has 1 aromatic rings. The lowest BCUT2D eigenvalue weighted by atomic mass is 10.3. The van der Waals surface area contributed by atoms with E-state index in [2.05, 4.69) is 25.7 Å². The minimum absolute atomic E-state index is 0.223. The fourth-order valence-electron chi connectivity index (χ4n) is 1.28. The number of likely N-dealkylation sites (N-methyl/N-ethyl adjacent to an activating group) is 1. The van der Waals surface area contributed by atoms with E-state index in [9.17, 15) is 4.79 Å². The lowest BCUT2D eigenvalue weighted by Gasteiger charge is -2.20. The number of anilines is 1. The minimum atomic E-state index is -0.260. The molecule has 0 aliphatic carbocycles. The Kier molecular flexibility index (Phi) is 4.73. The molecule has 0 bridgehead atoms. The largest absolute Gasteiger partial charge is 0.468 e. The normalized spacial score (nSPS) is 10.0. The molecule has 1 heterocycles. The summed E-state index contributed by atoms with van der Waals surface area (Å²) >= 11 is 3.39. The van der Waals surface area contributed by atoms with Crippen LogP contribution < -0.4 is 4.90 Å². The Morgan fingerprint density at radius 1 is 1.56 bits per heavy atom. The third-order valence-electron chi connectivity index (χ3n) is 2.26. The number of methoxy groups -OCH3 is 1. The summed E-state index contributed by atoms with van der Waals surface area (Å²) in [6.07, 6.45) is 0. The summed E-state index contributed by atoms with van der Waals surface area (Å²) in [6.45, 7) is 4.83. The van der Waals surface area contributed by atoms with Crippen molar-refractivity contribution in [3.8, 4) is 0 Å². The number of halogens is 1. The molecule has 0 saturated carbocycles. The zero-order valence-corrected chi connectivity index (χ0v) is 11.2. The van der Waals surface area contributed by atoms with Gasteiger partial charge in [0.15, 0.2) is 0 Å². The van der Waals surface area contributed by atoms with Gasteiger partial charge in [0, 0.05) is 11.0 Å². The van der Waals surface area contributed by atoms with Crippen LogP contribution >= 0.6 is 15.9 Å². The molecule has 5 heteroatoms. The number of ether oxygens (including phenoxy) is 1. The summed E-state index contributed by atoms with van der Waals surface area (Å²) in [7, 11) is 1.39. The summed E-state index contributed by atoms with van der Waals surface area (Å²) in [5.41, 5.74) is 0.904. The quantitative estimate of drug-likeness (QED) is 0.796. The fourth-order valence-corrected chi connectivity index (χ4v) is 1.50. The zero-order valence-electron chi connectivity index (χ0n) is 9.66. The van der Waals surface area contributed by atoms with E-state index in [0.717, 1.165) is 16.0 Å². The number of aromatic nitrogens is 1. The summed E-state index contributed by atoms with van der Waals surface area (Å²) in [5, 5.41) is 0. The second kappa shape index (κ2) is 5.84. The molecule has 0 amide bonds. The highest BCUT2D eigenvalue weighted by Crippen LogP contribution is 2.18. The first-order valence-corrected chi connectivity index (χ1v) is 5.82. The van der Waals surface area contributed by atoms with E-state index in [1.807, 2.05) is 30.9 Å². The van der Waals surface area contributed by atoms with Crippen LogP contribution in [-0.2, 0) is 9.53 Å². The van der Waals surface area contributed by atoms with Gasteiger partial charge in [-0.3, -0.25) is 4.79 Å². The van der Waals surface area contributed by atoms with Gasteiger partial charge < -0.3 is 9.64 Å². The van der Waals surface area contributed by atoms with Crippen molar-refractivity contribution >= 4 is 27.7 Å². The lowest BCUT2D eigenvalue weighted by Crippen LogP contribution is -2.31. The van der Waals surface area contributed by atoms with Gasteiger partial charge >= 0.3 is 5.97 Å². The Balaban J connectivity index is 2.86. The molecule has 0 radical (unpaired) electrons. The van der Waals surface area contributed by atoms with Crippen molar-refractivity contribution in [3.63, 3.8) is 0 Å². The van der Waals surface area contributed by atoms with Gasteiger partial charge in [-0.25, -0.2) is 4.98 Å². The van der Waals surface area contributed by atoms with E-state index in [-0.39, 0.29) is 12.5 Å². The molecule has 0 unspecified atom stereocenters. The van der Waals surface area contributed by atoms with Crippen molar-refractivity contribution in [1.82, 2.24) is 4.98 Å². The van der Waals surface area contributed by atoms with E-state index >= 15 is 0 Å². The van der Waals surface area contributed by atoms with Crippen molar-refractivity contribution in [2.24, 2.45) is 0 Å². The van der Waals surface area contributed by atoms with Crippen LogP contribution in [0.25, 0.3) is 0 Å². The maximum Gasteiger partial charge on any atom is 0.325 e. The smallest absolute Gasteiger partial charge is 0.325 e. The number of carbonyl (C=O) groups is 1. The van der Waals surface area contributed by atoms with Gasteiger partial charge in [0.2, 0.25) is 0 Å². The monoisotopic (exact) mass is 286 g/mol. The fraction of sp³-hybridized carbons (Fsp3) is 0.455. The lowest BCUT2D eigenvalue weighted by molar-refractivity contribution is -0.138. The molecule has 0 aromatic carbocycles. The topological polar surface area (TPSA) is 42.4 Å². The van der Waals surface area contributed by atoms with Crippen LogP contribution in [0, 0.1) is 6.92 Å². The third-order valence-corrected chi connectivity index (χ3v) is 3.10. The number of pyridine rings is 1. The van der Waals surface area contributed by atoms with E-state index in [1.165, 1.54) is 7.11 Å². The summed E-state index contributed by atoms with van der Waals surface area (Å²) in [5.74, 6) is 0.526. The summed E-state index contributed by atoms with van der Waals surface area (Å²) < 4.78 is 5.60. The molecule has 0 atom stereocenters. The molecule has 1 aromatic heterocycles. The van der Waals surface area contributed by atoms with Gasteiger partial charge in [-0.15, -0.1) is 0 Å². The highest BCUT2D eigenvalue weighted by atomic mass is 79.9. The second-order valence-corrected chi connectivity index (χ2v) is 4.18. The number of hydrogen-bond donors (Lipinski definition) is 0. The molecular formula is C11H15BrN2O2. The number of nitrogens with zero attached hydrogens (tertiary/aromatic N) is 2. The predicted octanol–water partition coefficient (Wildman–Crippen LogP) is 2.15. The zero-order chi connectivity index (χ0) is 12.1. The van der Waals surface area contributed by atoms with Gasteiger partial charge in [-0.05, 0) is 41.9 Å². The summed E-state index contributed by atoms with van der Waals surface area (Å²) in [4.78, 5) is 17.5. The van der Waals surface area contributed by atoms with Crippen LogP contribution in [0.3, 0.4) is 0 Å². The average Bonchev–Trinajstić information content (AvgIpc) is 2.29. The predicted molar refractivity (Wildman–Crippen MR) is 66.6 cm³/mol. The first-order chi connectivity index (χ1) is 7.58. The van der Waals surface area contributed by atoms with E-state index in [0.29, 0.717) is 6.54 Å². The van der Waals surface area contributed by atoms with Crippen molar-refractivity contribution in [3.05, 3.63) is 22.3 Å². The van der Waals surface area contributed by atoms with Crippen molar-refractivity contribution in [2.75, 3.05) is 25.1 Å². The van der Waals surface area contributed by atoms with Crippen molar-refractivity contribution < 1.29 is 9.53 Å². The Bertz CT molecular complexity index is 382. The second-order valence-electron chi connectivity index (χ2n) is 3.33. The van der Waals surface area contributed by atoms with Crippen LogP contribution in [0.15, 0.2) is 16.6 Å². The Hall–Kier alpha value is -1.10. The van der Waals surface area contributed by atoms with Crippen LogP contribution in [0.2, 0.25) is 0 Å². The number of esters is 1. The molecule has 16 heavy (non-hydrogen) atoms. The van der Waals surface area contributed by atoms with Gasteiger partial charge in [0.05, 0.1) is 12.8 Å². The molecule has 0 aliphatic rings. The number of aryl methyl sites for hydroxylation is 1. The molecule has 4 nitrogen and oxygen atoms in total. The van der Waals surface area contributed by atoms with Crippen molar-refractivity contribution in [1.29, 1.82) is 0 Å². The molecule has 1 rings (SSSR count). The van der Waals surface area contributed by atoms with Crippen LogP contribution in [0.4, 0.5) is 5.82 Å². The molecule has 0 spiro atoms. The maximum atomic E-state index is 11.2. The highest BCUT2D eigenvalue weighted by Gasteiger charge is 2.11. The first-order valence-electron chi connectivity index (χ1n) is 5.03. The van der Waals surface area contributed by atoms with Gasteiger partial charge in [-0.1, -0.05) is 0 Å². The SMILES string of the molecule is CCN(CC(=O)OC)c1ccc(Br)c(C)n1. The number of carbonyl (C=O) groups excluding carboxylic acids is 1. The molecule has 88 valence electrons.